The summed E-state index contributed by atoms with van der Waals surface area (Å²) in [6, 6.07) is 19.7. The van der Waals surface area contributed by atoms with E-state index in [0.29, 0.717) is 39.9 Å². The molecule has 3 aromatic rings. The van der Waals surface area contributed by atoms with E-state index in [-0.39, 0.29) is 17.7 Å². The normalized spacial score (nSPS) is 10.8. The van der Waals surface area contributed by atoms with E-state index in [4.69, 9.17) is 23.2 Å². The van der Waals surface area contributed by atoms with Crippen molar-refractivity contribution in [3.63, 3.8) is 0 Å². The van der Waals surface area contributed by atoms with E-state index in [0.717, 1.165) is 11.3 Å². The minimum atomic E-state index is -0.291. The molecule has 0 aromatic heterocycles. The molecule has 3 rings (SSSR count). The highest BCUT2D eigenvalue weighted by Crippen LogP contribution is 2.27. The number of halogens is 2. The number of nitrogens with one attached hydrogen (secondary N) is 1. The van der Waals surface area contributed by atoms with Gasteiger partial charge in [0.25, 0.3) is 11.8 Å². The summed E-state index contributed by atoms with van der Waals surface area (Å²) in [5.41, 5.74) is 3.36. The lowest BCUT2D eigenvalue weighted by Gasteiger charge is -2.28. The molecule has 0 fully saturated rings. The third-order valence-electron chi connectivity index (χ3n) is 5.28. The standard InChI is InChI=1S/C27H29Cl2N3O2/c1-18(2)16-32(27(34)22-10-6-8-12-24(22)29)17-19-15-20(13-14-25(19)31(3)4)30-26(33)21-9-5-7-11-23(21)28/h5-15,18H,16-17H2,1-4H3,(H,30,33). The number of hydrogen-bond donors (Lipinski definition) is 1. The van der Waals surface area contributed by atoms with Crippen LogP contribution in [0.2, 0.25) is 10.0 Å². The van der Waals surface area contributed by atoms with Crippen LogP contribution in [0.15, 0.2) is 66.7 Å². The van der Waals surface area contributed by atoms with E-state index in [9.17, 15) is 9.59 Å². The maximum atomic E-state index is 13.4. The summed E-state index contributed by atoms with van der Waals surface area (Å²) in [5, 5.41) is 3.74. The maximum Gasteiger partial charge on any atom is 0.257 e. The van der Waals surface area contributed by atoms with Crippen LogP contribution in [0, 0.1) is 5.92 Å². The Morgan fingerprint density at radius 3 is 2.03 bits per heavy atom. The monoisotopic (exact) mass is 497 g/mol. The maximum absolute atomic E-state index is 13.4. The highest BCUT2D eigenvalue weighted by Gasteiger charge is 2.21. The fraction of sp³-hybridized carbons (Fsp3) is 0.259. The molecule has 0 unspecified atom stereocenters. The number of nitrogens with zero attached hydrogens (tertiary/aromatic N) is 2. The third kappa shape index (κ3) is 6.31. The molecule has 1 N–H and O–H groups in total. The molecule has 0 aliphatic carbocycles. The Balaban J connectivity index is 1.93. The molecule has 0 aliphatic heterocycles. The van der Waals surface area contributed by atoms with Gasteiger partial charge < -0.3 is 15.1 Å². The van der Waals surface area contributed by atoms with Gasteiger partial charge in [0.05, 0.1) is 21.2 Å². The smallest absolute Gasteiger partial charge is 0.257 e. The van der Waals surface area contributed by atoms with E-state index in [1.165, 1.54) is 0 Å². The molecule has 0 radical (unpaired) electrons. The Morgan fingerprint density at radius 1 is 0.882 bits per heavy atom. The minimum Gasteiger partial charge on any atom is -0.377 e. The van der Waals surface area contributed by atoms with Crippen molar-refractivity contribution in [1.29, 1.82) is 0 Å². The third-order valence-corrected chi connectivity index (χ3v) is 5.94. The van der Waals surface area contributed by atoms with E-state index in [2.05, 4.69) is 19.2 Å². The fourth-order valence-electron chi connectivity index (χ4n) is 3.74. The Labute approximate surface area is 211 Å². The molecule has 0 spiro atoms. The molecule has 0 bridgehead atoms. The molecular weight excluding hydrogens is 469 g/mol. The molecule has 0 saturated carbocycles. The van der Waals surface area contributed by atoms with Crippen LogP contribution in [0.5, 0.6) is 0 Å². The first-order chi connectivity index (χ1) is 16.2. The van der Waals surface area contributed by atoms with Crippen molar-refractivity contribution in [3.05, 3.63) is 93.5 Å². The van der Waals surface area contributed by atoms with E-state index in [1.807, 2.05) is 43.3 Å². The number of rotatable bonds is 8. The zero-order chi connectivity index (χ0) is 24.8. The van der Waals surface area contributed by atoms with Gasteiger partial charge in [-0.05, 0) is 53.9 Å². The molecule has 178 valence electrons. The van der Waals surface area contributed by atoms with Crippen molar-refractivity contribution in [3.8, 4) is 0 Å². The minimum absolute atomic E-state index is 0.130. The van der Waals surface area contributed by atoms with E-state index in [1.54, 1.807) is 47.4 Å². The second kappa shape index (κ2) is 11.4. The SMILES string of the molecule is CC(C)CN(Cc1cc(NC(=O)c2ccccc2Cl)ccc1N(C)C)C(=O)c1ccccc1Cl. The molecule has 0 aliphatic rings. The second-order valence-corrected chi connectivity index (χ2v) is 9.55. The fourth-order valence-corrected chi connectivity index (χ4v) is 4.18. The van der Waals surface area contributed by atoms with Crippen molar-refractivity contribution in [2.24, 2.45) is 5.92 Å². The molecular formula is C27H29Cl2N3O2. The predicted molar refractivity (Wildman–Crippen MR) is 141 cm³/mol. The largest absolute Gasteiger partial charge is 0.377 e. The number of hydrogen-bond acceptors (Lipinski definition) is 3. The van der Waals surface area contributed by atoms with Crippen LogP contribution < -0.4 is 10.2 Å². The average molecular weight is 498 g/mol. The average Bonchev–Trinajstić information content (AvgIpc) is 2.78. The molecule has 0 atom stereocenters. The van der Waals surface area contributed by atoms with Crippen LogP contribution in [-0.4, -0.2) is 37.4 Å². The van der Waals surface area contributed by atoms with Crippen LogP contribution in [0.25, 0.3) is 0 Å². The zero-order valence-electron chi connectivity index (χ0n) is 19.8. The topological polar surface area (TPSA) is 52.7 Å². The van der Waals surface area contributed by atoms with Gasteiger partial charge in [-0.25, -0.2) is 0 Å². The van der Waals surface area contributed by atoms with Gasteiger partial charge in [-0.2, -0.15) is 0 Å². The van der Waals surface area contributed by atoms with Gasteiger partial charge in [0.2, 0.25) is 0 Å². The zero-order valence-corrected chi connectivity index (χ0v) is 21.3. The van der Waals surface area contributed by atoms with Crippen molar-refractivity contribution < 1.29 is 9.59 Å². The molecule has 0 saturated heterocycles. The van der Waals surface area contributed by atoms with Gasteiger partial charge in [-0.15, -0.1) is 0 Å². The van der Waals surface area contributed by atoms with Crippen molar-refractivity contribution in [2.45, 2.75) is 20.4 Å². The van der Waals surface area contributed by atoms with Crippen LogP contribution in [0.3, 0.4) is 0 Å². The summed E-state index contributed by atoms with van der Waals surface area (Å²) in [7, 11) is 3.90. The quantitative estimate of drug-likeness (QED) is 0.380. The Kier molecular flexibility index (Phi) is 8.59. The second-order valence-electron chi connectivity index (χ2n) is 8.73. The number of carbonyl (C=O) groups is 2. The number of anilines is 2. The Morgan fingerprint density at radius 2 is 1.47 bits per heavy atom. The van der Waals surface area contributed by atoms with Crippen LogP contribution in [0.4, 0.5) is 11.4 Å². The van der Waals surface area contributed by atoms with Crippen LogP contribution in [0.1, 0.15) is 40.1 Å². The Hall–Kier alpha value is -3.02. The molecule has 7 heteroatoms. The number of benzene rings is 3. The summed E-state index contributed by atoms with van der Waals surface area (Å²) in [4.78, 5) is 30.0. The first-order valence-corrected chi connectivity index (χ1v) is 11.8. The number of amides is 2. The van der Waals surface area contributed by atoms with Crippen LogP contribution >= 0.6 is 23.2 Å². The summed E-state index contributed by atoms with van der Waals surface area (Å²) in [6.45, 7) is 5.07. The first kappa shape index (κ1) is 25.6. The van der Waals surface area contributed by atoms with Gasteiger partial charge in [0.15, 0.2) is 0 Å². The summed E-state index contributed by atoms with van der Waals surface area (Å²) >= 11 is 12.5. The van der Waals surface area contributed by atoms with Gasteiger partial charge in [-0.3, -0.25) is 9.59 Å². The van der Waals surface area contributed by atoms with E-state index < -0.39 is 0 Å². The molecule has 34 heavy (non-hydrogen) atoms. The Bertz CT molecular complexity index is 1180. The lowest BCUT2D eigenvalue weighted by molar-refractivity contribution is 0.0723. The lowest BCUT2D eigenvalue weighted by Crippen LogP contribution is -2.34. The van der Waals surface area contributed by atoms with Crippen LogP contribution in [-0.2, 0) is 6.54 Å². The van der Waals surface area contributed by atoms with Crippen molar-refractivity contribution in [1.82, 2.24) is 4.90 Å². The summed E-state index contributed by atoms with van der Waals surface area (Å²) in [6.07, 6.45) is 0. The molecule has 2 amide bonds. The van der Waals surface area contributed by atoms with Gasteiger partial charge in [0.1, 0.15) is 0 Å². The van der Waals surface area contributed by atoms with Crippen molar-refractivity contribution in [2.75, 3.05) is 30.9 Å². The summed E-state index contributed by atoms with van der Waals surface area (Å²) in [5.74, 6) is -0.160. The summed E-state index contributed by atoms with van der Waals surface area (Å²) < 4.78 is 0. The number of carbonyl (C=O) groups excluding carboxylic acids is 2. The highest BCUT2D eigenvalue weighted by atomic mass is 35.5. The predicted octanol–water partition coefficient (Wildman–Crippen LogP) is 6.61. The van der Waals surface area contributed by atoms with Gasteiger partial charge in [-0.1, -0.05) is 61.3 Å². The van der Waals surface area contributed by atoms with Crippen molar-refractivity contribution >= 4 is 46.4 Å². The van der Waals surface area contributed by atoms with Gasteiger partial charge in [0, 0.05) is 38.6 Å². The first-order valence-electron chi connectivity index (χ1n) is 11.1. The van der Waals surface area contributed by atoms with E-state index >= 15 is 0 Å². The lowest BCUT2D eigenvalue weighted by atomic mass is 10.1. The molecule has 3 aromatic carbocycles. The van der Waals surface area contributed by atoms with Gasteiger partial charge >= 0.3 is 0 Å². The molecule has 5 nitrogen and oxygen atoms in total. The highest BCUT2D eigenvalue weighted by molar-refractivity contribution is 6.34. The molecule has 0 heterocycles.